The molecule has 0 atom stereocenters. The minimum absolute atomic E-state index is 0.127. The highest BCUT2D eigenvalue weighted by Crippen LogP contribution is 2.07. The summed E-state index contributed by atoms with van der Waals surface area (Å²) >= 11 is 0. The van der Waals surface area contributed by atoms with Gasteiger partial charge in [-0.3, -0.25) is 8.42 Å². The van der Waals surface area contributed by atoms with Gasteiger partial charge >= 0.3 is 0 Å². The van der Waals surface area contributed by atoms with Gasteiger partial charge in [-0.25, -0.2) is 0 Å². The average molecular weight is 469 g/mol. The van der Waals surface area contributed by atoms with Gasteiger partial charge in [-0.1, -0.05) is 26.3 Å². The Labute approximate surface area is 187 Å². The highest BCUT2D eigenvalue weighted by atomic mass is 32.3. The first kappa shape index (κ1) is 34.2. The third-order valence-electron chi connectivity index (χ3n) is 4.36. The van der Waals surface area contributed by atoms with E-state index in [0.717, 1.165) is 26.2 Å². The van der Waals surface area contributed by atoms with Crippen LogP contribution >= 0.6 is 0 Å². The van der Waals surface area contributed by atoms with Gasteiger partial charge in [0.05, 0.1) is 52.6 Å². The van der Waals surface area contributed by atoms with Crippen molar-refractivity contribution in [2.24, 2.45) is 0 Å². The van der Waals surface area contributed by atoms with Crippen LogP contribution in [0.3, 0.4) is 0 Å². The monoisotopic (exact) mass is 468 g/mol. The van der Waals surface area contributed by atoms with Crippen molar-refractivity contribution >= 4 is 10.4 Å². The van der Waals surface area contributed by atoms with Crippen LogP contribution in [0.25, 0.3) is 0 Å². The Bertz CT molecular complexity index is 502. The van der Waals surface area contributed by atoms with Crippen molar-refractivity contribution in [3.63, 3.8) is 0 Å². The van der Waals surface area contributed by atoms with E-state index in [1.807, 2.05) is 24.3 Å². The Morgan fingerprint density at radius 3 is 0.839 bits per heavy atom. The Hall–Kier alpha value is -1.41. The van der Waals surface area contributed by atoms with Crippen molar-refractivity contribution in [2.45, 2.75) is 0 Å². The Balaban J connectivity index is -0.000000416. The first-order valence-electron chi connectivity index (χ1n) is 9.73. The molecule has 0 aromatic heterocycles. The molecule has 0 saturated carbocycles. The van der Waals surface area contributed by atoms with Crippen LogP contribution in [0.2, 0.25) is 0 Å². The van der Waals surface area contributed by atoms with Gasteiger partial charge < -0.3 is 38.5 Å². The molecule has 11 heteroatoms. The number of hydrogen-bond donors (Lipinski definition) is 4. The van der Waals surface area contributed by atoms with Crippen LogP contribution in [0.1, 0.15) is 0 Å². The molecule has 0 aliphatic carbocycles. The molecule has 0 heterocycles. The molecule has 0 aromatic rings. The van der Waals surface area contributed by atoms with Gasteiger partial charge in [0.25, 0.3) is 0 Å². The minimum Gasteiger partial charge on any atom is -0.759 e. The molecule has 0 aliphatic rings. The molecule has 184 valence electrons. The second kappa shape index (κ2) is 20.5. The maximum atomic E-state index is 8.92. The SMILES string of the molecule is C=CC[N+](CC=C)(CCO)CCO.C=CC[N+](CC=C)(CCO)CCO.O=S(=O)([O-])[O-]. The molecule has 0 rings (SSSR count). The fourth-order valence-corrected chi connectivity index (χ4v) is 3.05. The van der Waals surface area contributed by atoms with E-state index < -0.39 is 10.4 Å². The number of hydrogen-bond acceptors (Lipinski definition) is 8. The topological polar surface area (TPSA) is 161 Å². The zero-order valence-corrected chi connectivity index (χ0v) is 19.2. The van der Waals surface area contributed by atoms with E-state index in [4.69, 9.17) is 37.9 Å². The molecule has 0 fully saturated rings. The lowest BCUT2D eigenvalue weighted by atomic mass is 10.3. The zero-order chi connectivity index (χ0) is 24.8. The first-order chi connectivity index (χ1) is 14.5. The van der Waals surface area contributed by atoms with Crippen LogP contribution in [0.5, 0.6) is 0 Å². The van der Waals surface area contributed by atoms with E-state index >= 15 is 0 Å². The fraction of sp³-hybridized carbons (Fsp3) is 0.600. The first-order valence-corrected chi connectivity index (χ1v) is 11.1. The molecular weight excluding hydrogens is 428 g/mol. The normalized spacial score (nSPS) is 11.3. The van der Waals surface area contributed by atoms with E-state index in [0.29, 0.717) is 35.1 Å². The largest absolute Gasteiger partial charge is 0.759 e. The highest BCUT2D eigenvalue weighted by molar-refractivity contribution is 7.79. The Morgan fingerprint density at radius 1 is 0.581 bits per heavy atom. The summed E-state index contributed by atoms with van der Waals surface area (Å²) in [5, 5.41) is 35.7. The summed E-state index contributed by atoms with van der Waals surface area (Å²) < 4.78 is 35.4. The summed E-state index contributed by atoms with van der Waals surface area (Å²) in [6.07, 6.45) is 7.26. The third-order valence-corrected chi connectivity index (χ3v) is 4.36. The Kier molecular flexibility index (Phi) is 22.6. The van der Waals surface area contributed by atoms with Crippen LogP contribution in [-0.4, -0.2) is 126 Å². The molecule has 0 aliphatic heterocycles. The quantitative estimate of drug-likeness (QED) is 0.0969. The maximum Gasteiger partial charge on any atom is 0.103 e. The lowest BCUT2D eigenvalue weighted by Crippen LogP contribution is -2.51. The predicted octanol–water partition coefficient (Wildman–Crippen LogP) is -1.02. The standard InChI is InChI=1S/2C10H20NO2.H2O4S/c2*1-3-5-11(6-4-2,7-9-12)8-10-13;1-5(2,3)4/h2*3-4,12-13H,1-2,5-10H2;(H2,1,2,3,4)/q2*+1;/p-2. The zero-order valence-electron chi connectivity index (χ0n) is 18.3. The minimum atomic E-state index is -5.17. The number of aliphatic hydroxyl groups is 4. The second-order valence-electron chi connectivity index (χ2n) is 6.77. The summed E-state index contributed by atoms with van der Waals surface area (Å²) in [6, 6.07) is 0. The van der Waals surface area contributed by atoms with E-state index in [9.17, 15) is 0 Å². The average Bonchev–Trinajstić information content (AvgIpc) is 2.63. The molecule has 4 N–H and O–H groups in total. The second-order valence-corrected chi connectivity index (χ2v) is 7.58. The summed E-state index contributed by atoms with van der Waals surface area (Å²) in [5.74, 6) is 0. The summed E-state index contributed by atoms with van der Waals surface area (Å²) in [7, 11) is -5.17. The van der Waals surface area contributed by atoms with Crippen molar-refractivity contribution in [1.82, 2.24) is 0 Å². The molecule has 0 aromatic carbocycles. The Morgan fingerprint density at radius 2 is 0.742 bits per heavy atom. The molecule has 0 bridgehead atoms. The van der Waals surface area contributed by atoms with Gasteiger partial charge in [0.2, 0.25) is 0 Å². The molecule has 0 spiro atoms. The van der Waals surface area contributed by atoms with Gasteiger partial charge in [-0.15, -0.1) is 0 Å². The van der Waals surface area contributed by atoms with E-state index in [1.165, 1.54) is 0 Å². The van der Waals surface area contributed by atoms with Crippen LogP contribution in [0.4, 0.5) is 0 Å². The molecule has 0 radical (unpaired) electrons. The van der Waals surface area contributed by atoms with Gasteiger partial charge in [0, 0.05) is 10.4 Å². The smallest absolute Gasteiger partial charge is 0.103 e. The lowest BCUT2D eigenvalue weighted by molar-refractivity contribution is -0.917. The highest BCUT2D eigenvalue weighted by Gasteiger charge is 2.23. The van der Waals surface area contributed by atoms with E-state index in [-0.39, 0.29) is 26.4 Å². The molecular formula is C20H40N2O8S. The third kappa shape index (κ3) is 21.6. The van der Waals surface area contributed by atoms with Crippen LogP contribution in [0.15, 0.2) is 50.6 Å². The van der Waals surface area contributed by atoms with Crippen molar-refractivity contribution in [2.75, 3.05) is 78.8 Å². The van der Waals surface area contributed by atoms with Gasteiger partial charge in [0.1, 0.15) is 26.2 Å². The number of nitrogens with zero attached hydrogens (tertiary/aromatic N) is 2. The van der Waals surface area contributed by atoms with Gasteiger partial charge in [0.15, 0.2) is 0 Å². The predicted molar refractivity (Wildman–Crippen MR) is 119 cm³/mol. The van der Waals surface area contributed by atoms with Gasteiger partial charge in [-0.2, -0.15) is 0 Å². The number of aliphatic hydroxyl groups excluding tert-OH is 4. The van der Waals surface area contributed by atoms with Crippen molar-refractivity contribution in [3.8, 4) is 0 Å². The fourth-order valence-electron chi connectivity index (χ4n) is 3.05. The summed E-state index contributed by atoms with van der Waals surface area (Å²) in [5.41, 5.74) is 0. The van der Waals surface area contributed by atoms with Crippen LogP contribution in [0, 0.1) is 0 Å². The van der Waals surface area contributed by atoms with Crippen molar-refractivity contribution < 1.29 is 46.9 Å². The van der Waals surface area contributed by atoms with Crippen molar-refractivity contribution in [1.29, 1.82) is 0 Å². The maximum absolute atomic E-state index is 8.92. The lowest BCUT2D eigenvalue weighted by Gasteiger charge is -2.35. The molecule has 0 saturated heterocycles. The van der Waals surface area contributed by atoms with Crippen molar-refractivity contribution in [3.05, 3.63) is 50.6 Å². The van der Waals surface area contributed by atoms with E-state index in [1.54, 1.807) is 0 Å². The van der Waals surface area contributed by atoms with Crippen LogP contribution < -0.4 is 0 Å². The molecule has 10 nitrogen and oxygen atoms in total. The molecule has 0 unspecified atom stereocenters. The summed E-state index contributed by atoms with van der Waals surface area (Å²) in [6.45, 7) is 20.8. The number of quaternary nitrogens is 2. The van der Waals surface area contributed by atoms with Gasteiger partial charge in [-0.05, 0) is 24.3 Å². The molecule has 0 amide bonds. The summed E-state index contributed by atoms with van der Waals surface area (Å²) in [4.78, 5) is 0. The number of rotatable bonds is 16. The molecule has 31 heavy (non-hydrogen) atoms. The van der Waals surface area contributed by atoms with E-state index in [2.05, 4.69) is 26.3 Å². The van der Waals surface area contributed by atoms with Crippen LogP contribution in [-0.2, 0) is 10.4 Å².